The van der Waals surface area contributed by atoms with Crippen molar-refractivity contribution < 1.29 is 12.8 Å². The third-order valence-electron chi connectivity index (χ3n) is 4.08. The highest BCUT2D eigenvalue weighted by atomic mass is 32.2. The fourth-order valence-corrected chi connectivity index (χ4v) is 4.66. The van der Waals surface area contributed by atoms with Gasteiger partial charge in [-0.25, -0.2) is 17.5 Å². The normalized spacial score (nSPS) is 17.4. The Balaban J connectivity index is 1.76. The fraction of sp³-hybridized carbons (Fsp3) is 0.375. The maximum Gasteiger partial charge on any atom is 0.240 e. The van der Waals surface area contributed by atoms with E-state index in [0.29, 0.717) is 0 Å². The van der Waals surface area contributed by atoms with Crippen LogP contribution in [0.4, 0.5) is 4.39 Å². The average molecular weight is 354 g/mol. The molecular weight excluding hydrogens is 335 g/mol. The molecule has 0 amide bonds. The zero-order valence-corrected chi connectivity index (χ0v) is 14.2. The second-order valence-electron chi connectivity index (χ2n) is 5.62. The van der Waals surface area contributed by atoms with Gasteiger partial charge in [0.2, 0.25) is 10.0 Å². The van der Waals surface area contributed by atoms with Gasteiger partial charge in [0.25, 0.3) is 0 Å². The Hall–Kier alpha value is -1.28. The highest BCUT2D eigenvalue weighted by Crippen LogP contribution is 2.26. The first-order valence-electron chi connectivity index (χ1n) is 7.58. The molecule has 0 saturated carbocycles. The van der Waals surface area contributed by atoms with E-state index in [0.717, 1.165) is 37.6 Å². The minimum atomic E-state index is -3.71. The Kier molecular flexibility index (Phi) is 5.11. The molecule has 2 heterocycles. The Morgan fingerprint density at radius 1 is 1.26 bits per heavy atom. The molecule has 0 spiro atoms. The number of rotatable bonds is 6. The summed E-state index contributed by atoms with van der Waals surface area (Å²) in [6.07, 6.45) is 2.27. The lowest BCUT2D eigenvalue weighted by Gasteiger charge is -2.27. The Labute approximate surface area is 140 Å². The summed E-state index contributed by atoms with van der Waals surface area (Å²) in [6.45, 7) is 2.24. The number of nitrogens with one attached hydrogen (secondary N) is 1. The standard InChI is InChI=1S/C16H19FN2O2S2/c17-14-4-3-5-15(10-14)23(20,21)18-11-16(13-6-9-22-12-13)19-7-1-2-8-19/h3-6,9-10,12,16,18H,1-2,7-8,11H2/t16-/m0/s1. The van der Waals surface area contributed by atoms with Gasteiger partial charge in [0.15, 0.2) is 0 Å². The van der Waals surface area contributed by atoms with Crippen molar-refractivity contribution in [2.75, 3.05) is 19.6 Å². The number of likely N-dealkylation sites (tertiary alicyclic amines) is 1. The molecule has 0 unspecified atom stereocenters. The molecule has 124 valence electrons. The summed E-state index contributed by atoms with van der Waals surface area (Å²) < 4.78 is 40.7. The lowest BCUT2D eigenvalue weighted by molar-refractivity contribution is 0.247. The van der Waals surface area contributed by atoms with E-state index in [9.17, 15) is 12.8 Å². The molecular formula is C16H19FN2O2S2. The Morgan fingerprint density at radius 2 is 2.04 bits per heavy atom. The van der Waals surface area contributed by atoms with Crippen molar-refractivity contribution in [2.45, 2.75) is 23.8 Å². The van der Waals surface area contributed by atoms with Crippen molar-refractivity contribution in [3.8, 4) is 0 Å². The largest absolute Gasteiger partial charge is 0.295 e. The van der Waals surface area contributed by atoms with Crippen LogP contribution < -0.4 is 4.72 Å². The molecule has 7 heteroatoms. The van der Waals surface area contributed by atoms with E-state index in [1.165, 1.54) is 18.2 Å². The van der Waals surface area contributed by atoms with Gasteiger partial charge in [0.1, 0.15) is 5.82 Å². The molecule has 1 aliphatic heterocycles. The van der Waals surface area contributed by atoms with E-state index in [-0.39, 0.29) is 17.5 Å². The molecule has 1 aromatic carbocycles. The van der Waals surface area contributed by atoms with E-state index in [1.54, 1.807) is 11.3 Å². The third kappa shape index (κ3) is 3.98. The molecule has 1 N–H and O–H groups in total. The van der Waals surface area contributed by atoms with Crippen LogP contribution in [0.1, 0.15) is 24.4 Å². The topological polar surface area (TPSA) is 49.4 Å². The number of nitrogens with zero attached hydrogens (tertiary/aromatic N) is 1. The van der Waals surface area contributed by atoms with Crippen molar-refractivity contribution in [3.05, 3.63) is 52.5 Å². The number of halogens is 1. The van der Waals surface area contributed by atoms with Crippen LogP contribution in [-0.4, -0.2) is 33.0 Å². The van der Waals surface area contributed by atoms with Gasteiger partial charge >= 0.3 is 0 Å². The molecule has 2 aromatic rings. The quantitative estimate of drug-likeness (QED) is 0.868. The molecule has 0 radical (unpaired) electrons. The summed E-state index contributed by atoms with van der Waals surface area (Å²) in [5.74, 6) is -0.554. The predicted octanol–water partition coefficient (Wildman–Crippen LogP) is 3.00. The first kappa shape index (κ1) is 16.6. The molecule has 0 aliphatic carbocycles. The van der Waals surface area contributed by atoms with Crippen molar-refractivity contribution in [2.24, 2.45) is 0 Å². The van der Waals surface area contributed by atoms with Gasteiger partial charge in [-0.1, -0.05) is 6.07 Å². The van der Waals surface area contributed by atoms with Crippen LogP contribution in [0.2, 0.25) is 0 Å². The van der Waals surface area contributed by atoms with Gasteiger partial charge in [0, 0.05) is 12.6 Å². The van der Waals surface area contributed by atoms with Crippen LogP contribution in [0.25, 0.3) is 0 Å². The highest BCUT2D eigenvalue weighted by Gasteiger charge is 2.26. The molecule has 4 nitrogen and oxygen atoms in total. The van der Waals surface area contributed by atoms with E-state index < -0.39 is 15.8 Å². The van der Waals surface area contributed by atoms with Crippen molar-refractivity contribution in [3.63, 3.8) is 0 Å². The number of sulfonamides is 1. The van der Waals surface area contributed by atoms with Gasteiger partial charge in [-0.05, 0) is 66.5 Å². The summed E-state index contributed by atoms with van der Waals surface area (Å²) >= 11 is 1.60. The first-order valence-corrected chi connectivity index (χ1v) is 10.0. The SMILES string of the molecule is O=S(=O)(NC[C@@H](c1ccsc1)N1CCCC1)c1cccc(F)c1. The van der Waals surface area contributed by atoms with Crippen LogP contribution in [0.3, 0.4) is 0 Å². The van der Waals surface area contributed by atoms with Gasteiger partial charge in [-0.3, -0.25) is 4.90 Å². The molecule has 0 bridgehead atoms. The maximum absolute atomic E-state index is 13.3. The van der Waals surface area contributed by atoms with Gasteiger partial charge in [-0.15, -0.1) is 0 Å². The zero-order chi connectivity index (χ0) is 16.3. The number of thiophene rings is 1. The summed E-state index contributed by atoms with van der Waals surface area (Å²) in [6, 6.07) is 7.13. The summed E-state index contributed by atoms with van der Waals surface area (Å²) in [5.41, 5.74) is 1.12. The van der Waals surface area contributed by atoms with Gasteiger partial charge in [0.05, 0.1) is 4.90 Å². The van der Waals surface area contributed by atoms with E-state index in [2.05, 4.69) is 15.0 Å². The lowest BCUT2D eigenvalue weighted by Crippen LogP contribution is -2.36. The minimum absolute atomic E-state index is 0.0204. The zero-order valence-electron chi connectivity index (χ0n) is 12.6. The molecule has 1 aromatic heterocycles. The molecule has 1 aliphatic rings. The minimum Gasteiger partial charge on any atom is -0.295 e. The number of hydrogen-bond acceptors (Lipinski definition) is 4. The third-order valence-corrected chi connectivity index (χ3v) is 6.21. The summed E-state index contributed by atoms with van der Waals surface area (Å²) in [4.78, 5) is 2.26. The van der Waals surface area contributed by atoms with Crippen LogP contribution in [0, 0.1) is 5.82 Å². The average Bonchev–Trinajstić information content (AvgIpc) is 3.21. The van der Waals surface area contributed by atoms with E-state index >= 15 is 0 Å². The second-order valence-corrected chi connectivity index (χ2v) is 8.17. The summed E-state index contributed by atoms with van der Waals surface area (Å²) in [7, 11) is -3.71. The van der Waals surface area contributed by atoms with Crippen LogP contribution >= 0.6 is 11.3 Å². The smallest absolute Gasteiger partial charge is 0.240 e. The molecule has 1 fully saturated rings. The monoisotopic (exact) mass is 354 g/mol. The van der Waals surface area contributed by atoms with Crippen molar-refractivity contribution >= 4 is 21.4 Å². The molecule has 23 heavy (non-hydrogen) atoms. The lowest BCUT2D eigenvalue weighted by atomic mass is 10.1. The number of hydrogen-bond donors (Lipinski definition) is 1. The van der Waals surface area contributed by atoms with Gasteiger partial charge < -0.3 is 0 Å². The fourth-order valence-electron chi connectivity index (χ4n) is 2.88. The van der Waals surface area contributed by atoms with Crippen LogP contribution in [-0.2, 0) is 10.0 Å². The van der Waals surface area contributed by atoms with Crippen LogP contribution in [0.15, 0.2) is 46.0 Å². The van der Waals surface area contributed by atoms with Crippen molar-refractivity contribution in [1.29, 1.82) is 0 Å². The first-order chi connectivity index (χ1) is 11.1. The van der Waals surface area contributed by atoms with E-state index in [1.807, 2.05) is 11.4 Å². The molecule has 3 rings (SSSR count). The Bertz CT molecular complexity index is 741. The predicted molar refractivity (Wildman–Crippen MR) is 89.5 cm³/mol. The summed E-state index contributed by atoms with van der Waals surface area (Å²) in [5, 5.41) is 4.05. The Morgan fingerprint density at radius 3 is 2.70 bits per heavy atom. The van der Waals surface area contributed by atoms with Crippen molar-refractivity contribution in [1.82, 2.24) is 9.62 Å². The number of benzene rings is 1. The highest BCUT2D eigenvalue weighted by molar-refractivity contribution is 7.89. The molecule has 1 saturated heterocycles. The second kappa shape index (κ2) is 7.09. The van der Waals surface area contributed by atoms with E-state index in [4.69, 9.17) is 0 Å². The maximum atomic E-state index is 13.3. The van der Waals surface area contributed by atoms with Crippen LogP contribution in [0.5, 0.6) is 0 Å². The van der Waals surface area contributed by atoms with Gasteiger partial charge in [-0.2, -0.15) is 11.3 Å². The molecule has 1 atom stereocenters.